The van der Waals surface area contributed by atoms with Gasteiger partial charge in [-0.15, -0.1) is 0 Å². The second-order valence-corrected chi connectivity index (χ2v) is 13.7. The zero-order valence-electron chi connectivity index (χ0n) is 24.6. The van der Waals surface area contributed by atoms with Gasteiger partial charge >= 0.3 is 6.01 Å². The molecule has 1 N–H and O–H groups in total. The highest BCUT2D eigenvalue weighted by Crippen LogP contribution is 2.50. The summed E-state index contributed by atoms with van der Waals surface area (Å²) < 4.78 is 20.8. The first-order chi connectivity index (χ1) is 21.3. The van der Waals surface area contributed by atoms with Crippen LogP contribution in [-0.2, 0) is 4.79 Å². The van der Waals surface area contributed by atoms with E-state index in [0.717, 1.165) is 61.8 Å². The van der Waals surface area contributed by atoms with Crippen LogP contribution in [0.15, 0.2) is 37.1 Å². The van der Waals surface area contributed by atoms with Crippen LogP contribution in [0.3, 0.4) is 0 Å². The number of phenols is 1. The number of anilines is 1. The highest BCUT2D eigenvalue weighted by Gasteiger charge is 2.53. The van der Waals surface area contributed by atoms with E-state index in [9.17, 15) is 14.3 Å². The fourth-order valence-electron chi connectivity index (χ4n) is 7.88. The number of phenolic OH excluding ortho intramolecular Hbond substituents is 1. The molecule has 3 aromatic rings. The van der Waals surface area contributed by atoms with E-state index in [1.807, 2.05) is 11.0 Å². The van der Waals surface area contributed by atoms with Gasteiger partial charge in [0.2, 0.25) is 5.91 Å². The van der Waals surface area contributed by atoms with Crippen LogP contribution in [0.5, 0.6) is 11.8 Å². The number of ether oxygens (including phenoxy) is 1. The van der Waals surface area contributed by atoms with Crippen molar-refractivity contribution in [1.82, 2.24) is 24.8 Å². The molecule has 1 spiro atoms. The number of rotatable bonds is 7. The lowest BCUT2D eigenvalue weighted by Crippen LogP contribution is -2.57. The van der Waals surface area contributed by atoms with E-state index in [-0.39, 0.29) is 28.7 Å². The summed E-state index contributed by atoms with van der Waals surface area (Å²) in [6.07, 6.45) is 8.70. The van der Waals surface area contributed by atoms with Gasteiger partial charge in [-0.05, 0) is 86.4 Å². The van der Waals surface area contributed by atoms with Gasteiger partial charge in [0, 0.05) is 49.4 Å². The third kappa shape index (κ3) is 4.68. The second kappa shape index (κ2) is 10.3. The van der Waals surface area contributed by atoms with E-state index in [0.29, 0.717) is 67.0 Å². The Morgan fingerprint density at radius 3 is 2.80 bits per heavy atom. The Morgan fingerprint density at radius 2 is 2.02 bits per heavy atom. The number of carbonyl (C=O) groups is 1. The number of hydrogen-bond acceptors (Lipinski definition) is 8. The molecule has 0 radical (unpaired) electrons. The number of aromatic nitrogens is 3. The fourth-order valence-corrected chi connectivity index (χ4v) is 8.24. The third-order valence-electron chi connectivity index (χ3n) is 10.4. The smallest absolute Gasteiger partial charge is 0.319 e. The van der Waals surface area contributed by atoms with Crippen molar-refractivity contribution in [1.29, 1.82) is 0 Å². The zero-order chi connectivity index (χ0) is 30.2. The monoisotopic (exact) mass is 618 g/mol. The van der Waals surface area contributed by atoms with Gasteiger partial charge in [0.05, 0.1) is 16.6 Å². The van der Waals surface area contributed by atoms with E-state index < -0.39 is 6.17 Å². The highest BCUT2D eigenvalue weighted by molar-refractivity contribution is 6.32. The van der Waals surface area contributed by atoms with E-state index in [1.165, 1.54) is 6.08 Å². The number of halogens is 2. The number of pyridine rings is 1. The molecule has 2 aliphatic carbocycles. The Kier molecular flexibility index (Phi) is 6.54. The van der Waals surface area contributed by atoms with Crippen molar-refractivity contribution in [2.75, 3.05) is 44.2 Å². The Labute approximate surface area is 260 Å². The summed E-state index contributed by atoms with van der Waals surface area (Å²) >= 11 is 6.63. The Hall–Kier alpha value is -3.50. The van der Waals surface area contributed by atoms with Crippen molar-refractivity contribution in [3.05, 3.63) is 47.6 Å². The summed E-state index contributed by atoms with van der Waals surface area (Å²) in [6.45, 7) is 7.14. The molecule has 2 saturated carbocycles. The number of hydrogen-bond donors (Lipinski definition) is 1. The summed E-state index contributed by atoms with van der Waals surface area (Å²) in [5.41, 5.74) is 3.39. The predicted octanol–water partition coefficient (Wildman–Crippen LogP) is 5.25. The van der Waals surface area contributed by atoms with Crippen molar-refractivity contribution >= 4 is 34.4 Å². The molecule has 1 amide bonds. The van der Waals surface area contributed by atoms with E-state index in [1.54, 1.807) is 18.3 Å². The third-order valence-corrected chi connectivity index (χ3v) is 10.7. The van der Waals surface area contributed by atoms with Gasteiger partial charge in [0.15, 0.2) is 5.82 Å². The van der Waals surface area contributed by atoms with E-state index >= 15 is 0 Å². The van der Waals surface area contributed by atoms with Crippen molar-refractivity contribution in [2.45, 2.75) is 68.1 Å². The molecule has 5 heterocycles. The lowest BCUT2D eigenvalue weighted by atomic mass is 9.95. The maximum atomic E-state index is 14.5. The first-order valence-corrected chi connectivity index (χ1v) is 16.1. The summed E-state index contributed by atoms with van der Waals surface area (Å²) in [6, 6.07) is 5.55. The number of piperazine rings is 1. The highest BCUT2D eigenvalue weighted by atomic mass is 35.5. The summed E-state index contributed by atoms with van der Waals surface area (Å²) in [7, 11) is 0. The van der Waals surface area contributed by atoms with Crippen LogP contribution in [-0.4, -0.2) is 92.3 Å². The molecule has 3 aliphatic heterocycles. The van der Waals surface area contributed by atoms with Crippen molar-refractivity contribution < 1.29 is 19.0 Å². The van der Waals surface area contributed by atoms with Crippen LogP contribution in [0.4, 0.5) is 10.2 Å². The summed E-state index contributed by atoms with van der Waals surface area (Å²) in [4.78, 5) is 33.6. The molecule has 8 rings (SSSR count). The molecule has 9 nitrogen and oxygen atoms in total. The lowest BCUT2D eigenvalue weighted by Gasteiger charge is -2.42. The minimum atomic E-state index is -0.849. The van der Waals surface area contributed by atoms with E-state index in [4.69, 9.17) is 31.3 Å². The molecule has 5 fully saturated rings. The van der Waals surface area contributed by atoms with E-state index in [2.05, 4.69) is 16.4 Å². The summed E-state index contributed by atoms with van der Waals surface area (Å²) in [5.74, 6) is 1.09. The standard InChI is InChI=1S/C33H36ClFN6O3/c1-2-27(43)41-11-10-39(18-32(41)7-8-32)30-29-26(37-31(38-30)44-19-33-6-3-9-40(33)17-22(35)15-33)12-21(16-36-29)24-13-23(42)14-25(34)28(24)20-4-5-20/h2,12-14,16,20,22,42H,1,3-11,15,17-19H2/t22-,33+/m1/s1. The van der Waals surface area contributed by atoms with Gasteiger partial charge < -0.3 is 19.6 Å². The quantitative estimate of drug-likeness (QED) is 0.359. The Morgan fingerprint density at radius 1 is 1.18 bits per heavy atom. The topological polar surface area (TPSA) is 94.9 Å². The number of aromatic hydroxyl groups is 1. The van der Waals surface area contributed by atoms with Crippen LogP contribution >= 0.6 is 11.6 Å². The average Bonchev–Trinajstić information content (AvgIpc) is 3.92. The van der Waals surface area contributed by atoms with Crippen LogP contribution in [0, 0.1) is 0 Å². The number of nitrogens with zero attached hydrogens (tertiary/aromatic N) is 6. The normalized spacial score (nSPS) is 25.9. The van der Waals surface area contributed by atoms with Crippen LogP contribution in [0.25, 0.3) is 22.2 Å². The molecule has 2 atom stereocenters. The SMILES string of the molecule is C=CC(=O)N1CCN(c2nc(OC[C@@]34CCCN3C[C@H](F)C4)nc3cc(-c4cc(O)cc(Cl)c4C4CC4)cnc23)CC12CC2. The largest absolute Gasteiger partial charge is 0.508 e. The number of benzene rings is 1. The van der Waals surface area contributed by atoms with Gasteiger partial charge in [-0.2, -0.15) is 9.97 Å². The average molecular weight is 619 g/mol. The number of fused-ring (bicyclic) bond motifs is 2. The van der Waals surface area contributed by atoms with Crippen molar-refractivity contribution in [3.8, 4) is 22.9 Å². The maximum Gasteiger partial charge on any atom is 0.319 e. The van der Waals surface area contributed by atoms with Crippen molar-refractivity contribution in [3.63, 3.8) is 0 Å². The van der Waals surface area contributed by atoms with Gasteiger partial charge in [0.1, 0.15) is 24.0 Å². The predicted molar refractivity (Wildman–Crippen MR) is 166 cm³/mol. The zero-order valence-corrected chi connectivity index (χ0v) is 25.4. The van der Waals surface area contributed by atoms with Gasteiger partial charge in [-0.25, -0.2) is 4.39 Å². The second-order valence-electron chi connectivity index (χ2n) is 13.3. The molecule has 44 heavy (non-hydrogen) atoms. The lowest BCUT2D eigenvalue weighted by molar-refractivity contribution is -0.129. The van der Waals surface area contributed by atoms with Crippen molar-refractivity contribution in [2.24, 2.45) is 0 Å². The molecule has 11 heteroatoms. The van der Waals surface area contributed by atoms with Crippen LogP contribution in [0.2, 0.25) is 5.02 Å². The molecule has 5 aliphatic rings. The minimum Gasteiger partial charge on any atom is -0.508 e. The van der Waals surface area contributed by atoms with Gasteiger partial charge in [0.25, 0.3) is 0 Å². The summed E-state index contributed by atoms with van der Waals surface area (Å²) in [5, 5.41) is 11.0. The molecule has 0 bridgehead atoms. The number of alkyl halides is 1. The molecule has 0 unspecified atom stereocenters. The number of carbonyl (C=O) groups excluding carboxylic acids is 1. The van der Waals surface area contributed by atoms with Gasteiger partial charge in [-0.1, -0.05) is 18.2 Å². The first kappa shape index (κ1) is 28.0. The Bertz CT molecular complexity index is 1680. The van der Waals surface area contributed by atoms with Gasteiger partial charge in [-0.3, -0.25) is 14.7 Å². The van der Waals surface area contributed by atoms with Crippen LogP contribution < -0.4 is 9.64 Å². The maximum absolute atomic E-state index is 14.5. The number of amides is 1. The minimum absolute atomic E-state index is 0.0409. The fraction of sp³-hybridized carbons (Fsp3) is 0.515. The molecule has 1 aromatic carbocycles. The van der Waals surface area contributed by atoms with Crippen LogP contribution in [0.1, 0.15) is 56.4 Å². The molecule has 2 aromatic heterocycles. The molecule has 3 saturated heterocycles. The molecular formula is C33H36ClFN6O3. The first-order valence-electron chi connectivity index (χ1n) is 15.7. The Balaban J connectivity index is 1.19. The molecular weight excluding hydrogens is 583 g/mol. The molecule has 230 valence electrons.